The Balaban J connectivity index is 2.10. The number of nitrogens with one attached hydrogen (secondary N) is 1. The topological polar surface area (TPSA) is 72.2 Å². The molecule has 2 rings (SSSR count). The molecule has 0 saturated carbocycles. The molecular weight excluding hydrogens is 252 g/mol. The molecule has 5 nitrogen and oxygen atoms in total. The van der Waals surface area contributed by atoms with Crippen molar-refractivity contribution in [3.8, 4) is 6.07 Å². The number of rotatable bonds is 3. The van der Waals surface area contributed by atoms with Gasteiger partial charge in [0.2, 0.25) is 0 Å². The molecule has 0 aromatic carbocycles. The molecule has 1 aromatic rings. The van der Waals surface area contributed by atoms with E-state index in [1.807, 2.05) is 19.9 Å². The van der Waals surface area contributed by atoms with E-state index in [0.29, 0.717) is 17.9 Å². The highest BCUT2D eigenvalue weighted by atomic mass is 16.3. The van der Waals surface area contributed by atoms with Crippen LogP contribution in [0.15, 0.2) is 6.07 Å². The molecule has 1 aliphatic rings. The van der Waals surface area contributed by atoms with E-state index in [9.17, 15) is 10.4 Å². The Morgan fingerprint density at radius 1 is 1.45 bits per heavy atom. The minimum Gasteiger partial charge on any atom is -0.388 e. The Morgan fingerprint density at radius 2 is 2.10 bits per heavy atom. The number of nitriles is 1. The lowest BCUT2D eigenvalue weighted by Gasteiger charge is -2.36. The monoisotopic (exact) mass is 274 g/mol. The van der Waals surface area contributed by atoms with Crippen LogP contribution in [-0.4, -0.2) is 47.3 Å². The molecule has 0 unspecified atom stereocenters. The summed E-state index contributed by atoms with van der Waals surface area (Å²) in [5, 5.41) is 22.9. The summed E-state index contributed by atoms with van der Waals surface area (Å²) in [6.45, 7) is 6.03. The molecule has 1 aliphatic heterocycles. The number of anilines is 1. The van der Waals surface area contributed by atoms with Gasteiger partial charge in [0, 0.05) is 25.3 Å². The second-order valence-corrected chi connectivity index (χ2v) is 5.80. The van der Waals surface area contributed by atoms with Gasteiger partial charge in [0.25, 0.3) is 0 Å². The summed E-state index contributed by atoms with van der Waals surface area (Å²) in [5.41, 5.74) is 1.64. The van der Waals surface area contributed by atoms with Crippen LogP contribution in [0.4, 0.5) is 5.82 Å². The zero-order valence-electron chi connectivity index (χ0n) is 12.4. The molecule has 5 heteroatoms. The van der Waals surface area contributed by atoms with E-state index >= 15 is 0 Å². The van der Waals surface area contributed by atoms with Crippen LogP contribution >= 0.6 is 0 Å². The second-order valence-electron chi connectivity index (χ2n) is 5.80. The quantitative estimate of drug-likeness (QED) is 0.872. The van der Waals surface area contributed by atoms with Crippen LogP contribution in [0.5, 0.6) is 0 Å². The first-order valence-electron chi connectivity index (χ1n) is 6.97. The lowest BCUT2D eigenvalue weighted by Crippen LogP contribution is -2.47. The highest BCUT2D eigenvalue weighted by Crippen LogP contribution is 2.23. The Morgan fingerprint density at radius 3 is 2.70 bits per heavy atom. The van der Waals surface area contributed by atoms with Crippen molar-refractivity contribution in [1.82, 2.24) is 9.88 Å². The van der Waals surface area contributed by atoms with Crippen LogP contribution in [0.25, 0.3) is 0 Å². The average molecular weight is 274 g/mol. The van der Waals surface area contributed by atoms with Gasteiger partial charge < -0.3 is 15.3 Å². The van der Waals surface area contributed by atoms with Crippen molar-refractivity contribution in [3.63, 3.8) is 0 Å². The van der Waals surface area contributed by atoms with Gasteiger partial charge in [0.15, 0.2) is 0 Å². The molecule has 0 aliphatic carbocycles. The highest BCUT2D eigenvalue weighted by molar-refractivity contribution is 5.56. The standard InChI is InChI=1S/C15H22N4O/c1-11-8-12(2)18-14(13(11)9-16)17-10-15(20)4-6-19(3)7-5-15/h8,20H,4-7,10H2,1-3H3,(H,17,18). The summed E-state index contributed by atoms with van der Waals surface area (Å²) in [4.78, 5) is 6.59. The van der Waals surface area contributed by atoms with Crippen LogP contribution in [0.3, 0.4) is 0 Å². The molecule has 1 aromatic heterocycles. The number of hydrogen-bond acceptors (Lipinski definition) is 5. The second kappa shape index (κ2) is 5.78. The van der Waals surface area contributed by atoms with Crippen molar-refractivity contribution >= 4 is 5.82 Å². The Hall–Kier alpha value is -1.64. The van der Waals surface area contributed by atoms with Crippen LogP contribution in [0.2, 0.25) is 0 Å². The normalized spacial score (nSPS) is 18.6. The highest BCUT2D eigenvalue weighted by Gasteiger charge is 2.31. The summed E-state index contributed by atoms with van der Waals surface area (Å²) in [6.07, 6.45) is 1.48. The van der Waals surface area contributed by atoms with E-state index < -0.39 is 5.60 Å². The Bertz CT molecular complexity index is 527. The molecule has 0 amide bonds. The number of aliphatic hydroxyl groups is 1. The number of nitrogens with zero attached hydrogens (tertiary/aromatic N) is 3. The number of pyridine rings is 1. The Kier molecular flexibility index (Phi) is 4.26. The molecule has 1 fully saturated rings. The molecule has 108 valence electrons. The third-order valence-corrected chi connectivity index (χ3v) is 3.96. The first-order chi connectivity index (χ1) is 9.43. The molecule has 0 atom stereocenters. The van der Waals surface area contributed by atoms with Crippen molar-refractivity contribution < 1.29 is 5.11 Å². The van der Waals surface area contributed by atoms with Gasteiger partial charge in [-0.1, -0.05) is 0 Å². The van der Waals surface area contributed by atoms with Gasteiger partial charge in [-0.25, -0.2) is 4.98 Å². The Labute approximate surface area is 120 Å². The maximum absolute atomic E-state index is 10.6. The molecule has 0 spiro atoms. The lowest BCUT2D eigenvalue weighted by atomic mass is 9.91. The van der Waals surface area contributed by atoms with Gasteiger partial charge in [0.1, 0.15) is 11.9 Å². The van der Waals surface area contributed by atoms with Crippen molar-refractivity contribution in [3.05, 3.63) is 22.9 Å². The van der Waals surface area contributed by atoms with Gasteiger partial charge >= 0.3 is 0 Å². The predicted octanol–water partition coefficient (Wildman–Crippen LogP) is 1.44. The number of aryl methyl sites for hydroxylation is 2. The number of aromatic nitrogens is 1. The summed E-state index contributed by atoms with van der Waals surface area (Å²) in [5.74, 6) is 0.581. The molecule has 20 heavy (non-hydrogen) atoms. The molecule has 2 N–H and O–H groups in total. The maximum atomic E-state index is 10.6. The molecular formula is C15H22N4O. The fourth-order valence-corrected chi connectivity index (χ4v) is 2.57. The zero-order valence-corrected chi connectivity index (χ0v) is 12.4. The van der Waals surface area contributed by atoms with E-state index in [1.165, 1.54) is 0 Å². The first kappa shape index (κ1) is 14.8. The van der Waals surface area contributed by atoms with Crippen molar-refractivity contribution in [2.45, 2.75) is 32.3 Å². The average Bonchev–Trinajstić information content (AvgIpc) is 2.40. The van der Waals surface area contributed by atoms with Gasteiger partial charge in [-0.3, -0.25) is 0 Å². The number of piperidine rings is 1. The zero-order chi connectivity index (χ0) is 14.8. The van der Waals surface area contributed by atoms with E-state index in [4.69, 9.17) is 0 Å². The predicted molar refractivity (Wildman–Crippen MR) is 78.6 cm³/mol. The largest absolute Gasteiger partial charge is 0.388 e. The van der Waals surface area contributed by atoms with E-state index in [1.54, 1.807) is 0 Å². The fraction of sp³-hybridized carbons (Fsp3) is 0.600. The van der Waals surface area contributed by atoms with E-state index in [0.717, 1.165) is 37.2 Å². The van der Waals surface area contributed by atoms with E-state index in [2.05, 4.69) is 28.3 Å². The minimum absolute atomic E-state index is 0.436. The molecule has 1 saturated heterocycles. The lowest BCUT2D eigenvalue weighted by molar-refractivity contribution is -0.00409. The van der Waals surface area contributed by atoms with Crippen molar-refractivity contribution in [2.24, 2.45) is 0 Å². The van der Waals surface area contributed by atoms with Crippen LogP contribution in [-0.2, 0) is 0 Å². The van der Waals surface area contributed by atoms with Gasteiger partial charge in [-0.05, 0) is 45.4 Å². The molecule has 0 bridgehead atoms. The molecule has 2 heterocycles. The minimum atomic E-state index is -0.710. The SMILES string of the molecule is Cc1cc(C)c(C#N)c(NCC2(O)CCN(C)CC2)n1. The summed E-state index contributed by atoms with van der Waals surface area (Å²) in [6, 6.07) is 4.08. The maximum Gasteiger partial charge on any atom is 0.144 e. The van der Waals surface area contributed by atoms with Gasteiger partial charge in [-0.2, -0.15) is 5.26 Å². The summed E-state index contributed by atoms with van der Waals surface area (Å²) >= 11 is 0. The third-order valence-electron chi connectivity index (χ3n) is 3.96. The summed E-state index contributed by atoms with van der Waals surface area (Å²) in [7, 11) is 2.06. The van der Waals surface area contributed by atoms with Crippen LogP contribution in [0, 0.1) is 25.2 Å². The first-order valence-corrected chi connectivity index (χ1v) is 6.97. The number of hydrogen-bond donors (Lipinski definition) is 2. The van der Waals surface area contributed by atoms with Crippen molar-refractivity contribution in [2.75, 3.05) is 32.0 Å². The third kappa shape index (κ3) is 3.27. The fourth-order valence-electron chi connectivity index (χ4n) is 2.57. The molecule has 0 radical (unpaired) electrons. The smallest absolute Gasteiger partial charge is 0.144 e. The summed E-state index contributed by atoms with van der Waals surface area (Å²) < 4.78 is 0. The van der Waals surface area contributed by atoms with Gasteiger partial charge in [-0.15, -0.1) is 0 Å². The van der Waals surface area contributed by atoms with E-state index in [-0.39, 0.29) is 0 Å². The van der Waals surface area contributed by atoms with Crippen LogP contribution < -0.4 is 5.32 Å². The van der Waals surface area contributed by atoms with Crippen molar-refractivity contribution in [1.29, 1.82) is 5.26 Å². The number of likely N-dealkylation sites (tertiary alicyclic amines) is 1. The van der Waals surface area contributed by atoms with Crippen LogP contribution in [0.1, 0.15) is 29.7 Å². The van der Waals surface area contributed by atoms with Gasteiger partial charge in [0.05, 0.1) is 11.2 Å².